The molecule has 0 atom stereocenters. The maximum Gasteiger partial charge on any atom is 0.353 e. The first kappa shape index (κ1) is 17.8. The number of anilines is 3. The van der Waals surface area contributed by atoms with Gasteiger partial charge in [0.1, 0.15) is 6.33 Å². The molecule has 2 aromatic heterocycles. The molecule has 132 valence electrons. The zero-order chi connectivity index (χ0) is 18.5. The van der Waals surface area contributed by atoms with Gasteiger partial charge < -0.3 is 10.6 Å². The normalized spacial score (nSPS) is 10.4. The van der Waals surface area contributed by atoms with E-state index in [4.69, 9.17) is 23.2 Å². The lowest BCUT2D eigenvalue weighted by atomic mass is 10.3. The molecule has 3 rings (SSSR count). The summed E-state index contributed by atoms with van der Waals surface area (Å²) in [6.45, 7) is 0.328. The third-order valence-electron chi connectivity index (χ3n) is 3.31. The summed E-state index contributed by atoms with van der Waals surface area (Å²) in [5.41, 5.74) is 1.05. The van der Waals surface area contributed by atoms with Crippen LogP contribution >= 0.6 is 23.2 Å². The van der Waals surface area contributed by atoms with Gasteiger partial charge in [-0.15, -0.1) is 0 Å². The lowest BCUT2D eigenvalue weighted by Crippen LogP contribution is -2.08. The summed E-state index contributed by atoms with van der Waals surface area (Å²) in [6.07, 6.45) is 4.54. The average molecular weight is 391 g/mol. The minimum Gasteiger partial charge on any atom is -0.360 e. The minimum absolute atomic E-state index is 0.0250. The second-order valence-electron chi connectivity index (χ2n) is 5.17. The van der Waals surface area contributed by atoms with Crippen molar-refractivity contribution in [2.75, 3.05) is 10.6 Å². The molecule has 2 heterocycles. The summed E-state index contributed by atoms with van der Waals surface area (Å²) in [5.74, 6) is 0.112. The number of benzene rings is 1. The predicted molar refractivity (Wildman–Crippen MR) is 100.0 cm³/mol. The van der Waals surface area contributed by atoms with Crippen molar-refractivity contribution in [3.8, 4) is 0 Å². The van der Waals surface area contributed by atoms with Crippen LogP contribution in [0.4, 0.5) is 23.0 Å². The molecule has 1 aromatic carbocycles. The van der Waals surface area contributed by atoms with Crippen molar-refractivity contribution >= 4 is 46.2 Å². The molecule has 0 radical (unpaired) electrons. The van der Waals surface area contributed by atoms with Gasteiger partial charge in [-0.25, -0.2) is 9.97 Å². The van der Waals surface area contributed by atoms with E-state index in [0.717, 1.165) is 5.56 Å². The molecule has 0 aliphatic rings. The lowest BCUT2D eigenvalue weighted by molar-refractivity contribution is -0.383. The summed E-state index contributed by atoms with van der Waals surface area (Å²) in [7, 11) is 0. The fourth-order valence-corrected chi connectivity index (χ4v) is 2.75. The molecule has 0 aliphatic carbocycles. The molecule has 0 aliphatic heterocycles. The molecule has 2 N–H and O–H groups in total. The van der Waals surface area contributed by atoms with Crippen LogP contribution < -0.4 is 10.6 Å². The Morgan fingerprint density at radius 1 is 1.12 bits per heavy atom. The second-order valence-corrected chi connectivity index (χ2v) is 6.05. The van der Waals surface area contributed by atoms with Crippen molar-refractivity contribution < 1.29 is 4.92 Å². The number of hydrogen-bond acceptors (Lipinski definition) is 7. The van der Waals surface area contributed by atoms with Gasteiger partial charge in [0.15, 0.2) is 0 Å². The highest BCUT2D eigenvalue weighted by Gasteiger charge is 2.23. The van der Waals surface area contributed by atoms with Gasteiger partial charge in [0.2, 0.25) is 11.6 Å². The van der Waals surface area contributed by atoms with E-state index in [9.17, 15) is 10.1 Å². The molecule has 0 spiro atoms. The SMILES string of the molecule is O=[N+]([O-])c1c(NCc2cccnc2)ncnc1Nc1cc(Cl)cc(Cl)c1. The van der Waals surface area contributed by atoms with E-state index < -0.39 is 4.92 Å². The van der Waals surface area contributed by atoms with Crippen molar-refractivity contribution in [3.05, 3.63) is 74.8 Å². The smallest absolute Gasteiger partial charge is 0.353 e. The third-order valence-corrected chi connectivity index (χ3v) is 3.75. The van der Waals surface area contributed by atoms with E-state index in [1.54, 1.807) is 36.7 Å². The number of nitro groups is 1. The summed E-state index contributed by atoms with van der Waals surface area (Å²) >= 11 is 11.9. The Morgan fingerprint density at radius 2 is 1.85 bits per heavy atom. The zero-order valence-corrected chi connectivity index (χ0v) is 14.7. The number of nitrogens with one attached hydrogen (secondary N) is 2. The molecule has 3 aromatic rings. The van der Waals surface area contributed by atoms with Crippen molar-refractivity contribution in [2.24, 2.45) is 0 Å². The maximum absolute atomic E-state index is 11.6. The third kappa shape index (κ3) is 4.35. The van der Waals surface area contributed by atoms with Gasteiger partial charge in [-0.05, 0) is 29.8 Å². The van der Waals surface area contributed by atoms with Crippen LogP contribution in [0.1, 0.15) is 5.56 Å². The van der Waals surface area contributed by atoms with Gasteiger partial charge in [-0.1, -0.05) is 29.3 Å². The van der Waals surface area contributed by atoms with E-state index in [1.165, 1.54) is 6.33 Å². The first-order valence-electron chi connectivity index (χ1n) is 7.38. The monoisotopic (exact) mass is 390 g/mol. The highest BCUT2D eigenvalue weighted by Crippen LogP contribution is 2.32. The molecule has 8 nitrogen and oxygen atoms in total. The summed E-state index contributed by atoms with van der Waals surface area (Å²) in [5, 5.41) is 18.1. The second kappa shape index (κ2) is 7.94. The number of halogens is 2. The summed E-state index contributed by atoms with van der Waals surface area (Å²) in [6, 6.07) is 8.36. The Balaban J connectivity index is 1.89. The van der Waals surface area contributed by atoms with Crippen molar-refractivity contribution in [1.29, 1.82) is 0 Å². The minimum atomic E-state index is -0.555. The van der Waals surface area contributed by atoms with Crippen LogP contribution in [-0.4, -0.2) is 19.9 Å². The number of pyridine rings is 1. The Labute approximate surface area is 158 Å². The molecule has 0 fully saturated rings. The van der Waals surface area contributed by atoms with Crippen molar-refractivity contribution in [1.82, 2.24) is 15.0 Å². The number of rotatable bonds is 6. The maximum atomic E-state index is 11.6. The van der Waals surface area contributed by atoms with Crippen LogP contribution in [-0.2, 0) is 6.54 Å². The Bertz CT molecular complexity index is 919. The molecule has 26 heavy (non-hydrogen) atoms. The molecular formula is C16H12Cl2N6O2. The molecule has 0 bridgehead atoms. The quantitative estimate of drug-likeness (QED) is 0.473. The van der Waals surface area contributed by atoms with Gasteiger partial charge in [-0.3, -0.25) is 15.1 Å². The van der Waals surface area contributed by atoms with E-state index in [2.05, 4.69) is 25.6 Å². The predicted octanol–water partition coefficient (Wildman–Crippen LogP) is 4.44. The first-order valence-corrected chi connectivity index (χ1v) is 8.14. The average Bonchev–Trinajstić information content (AvgIpc) is 2.60. The fourth-order valence-electron chi connectivity index (χ4n) is 2.22. The van der Waals surface area contributed by atoms with E-state index >= 15 is 0 Å². The van der Waals surface area contributed by atoms with E-state index in [0.29, 0.717) is 22.3 Å². The molecule has 0 saturated carbocycles. The van der Waals surface area contributed by atoms with E-state index in [1.807, 2.05) is 6.07 Å². The van der Waals surface area contributed by atoms with Crippen molar-refractivity contribution in [3.63, 3.8) is 0 Å². The standard InChI is InChI=1S/C16H12Cl2N6O2/c17-11-4-12(18)6-13(5-11)23-16-14(24(25)26)15(21-9-22-16)20-8-10-2-1-3-19-7-10/h1-7,9H,8H2,(H2,20,21,22,23). The topological polar surface area (TPSA) is 106 Å². The summed E-state index contributed by atoms with van der Waals surface area (Å²) < 4.78 is 0. The Hall–Kier alpha value is -2.97. The first-order chi connectivity index (χ1) is 12.5. The zero-order valence-electron chi connectivity index (χ0n) is 13.2. The van der Waals surface area contributed by atoms with Crippen molar-refractivity contribution in [2.45, 2.75) is 6.54 Å². The lowest BCUT2D eigenvalue weighted by Gasteiger charge is -2.10. The van der Waals surface area contributed by atoms with Crippen LogP contribution in [0.3, 0.4) is 0 Å². The van der Waals surface area contributed by atoms with Crippen LogP contribution in [0.5, 0.6) is 0 Å². The number of aromatic nitrogens is 3. The van der Waals surface area contributed by atoms with Gasteiger partial charge in [0.05, 0.1) is 4.92 Å². The van der Waals surface area contributed by atoms with Crippen LogP contribution in [0.2, 0.25) is 10.0 Å². The van der Waals surface area contributed by atoms with Crippen LogP contribution in [0, 0.1) is 10.1 Å². The molecule has 0 saturated heterocycles. The Morgan fingerprint density at radius 3 is 2.50 bits per heavy atom. The highest BCUT2D eigenvalue weighted by molar-refractivity contribution is 6.35. The molecular weight excluding hydrogens is 379 g/mol. The largest absolute Gasteiger partial charge is 0.360 e. The van der Waals surface area contributed by atoms with E-state index in [-0.39, 0.29) is 17.3 Å². The highest BCUT2D eigenvalue weighted by atomic mass is 35.5. The Kier molecular flexibility index (Phi) is 5.45. The van der Waals surface area contributed by atoms with Crippen LogP contribution in [0.15, 0.2) is 49.1 Å². The van der Waals surface area contributed by atoms with Gasteiger partial charge in [-0.2, -0.15) is 0 Å². The fraction of sp³-hybridized carbons (Fsp3) is 0.0625. The molecule has 10 heteroatoms. The molecule has 0 amide bonds. The summed E-state index contributed by atoms with van der Waals surface area (Å²) in [4.78, 5) is 22.9. The number of hydrogen-bond donors (Lipinski definition) is 2. The van der Waals surface area contributed by atoms with Gasteiger partial charge >= 0.3 is 5.69 Å². The number of nitrogens with zero attached hydrogens (tertiary/aromatic N) is 4. The van der Waals surface area contributed by atoms with Gasteiger partial charge in [0, 0.05) is 34.7 Å². The molecule has 0 unspecified atom stereocenters. The van der Waals surface area contributed by atoms with Crippen LogP contribution in [0.25, 0.3) is 0 Å². The van der Waals surface area contributed by atoms with Gasteiger partial charge in [0.25, 0.3) is 0 Å².